The Balaban J connectivity index is 1.73. The monoisotopic (exact) mass is 339 g/mol. The first-order valence-electron chi connectivity index (χ1n) is 9.24. The van der Waals surface area contributed by atoms with Gasteiger partial charge in [-0.25, -0.2) is 4.98 Å². The molecule has 5 nitrogen and oxygen atoms in total. The average molecular weight is 339 g/mol. The molecule has 5 heteroatoms. The van der Waals surface area contributed by atoms with E-state index in [9.17, 15) is 4.79 Å². The zero-order chi connectivity index (χ0) is 17.6. The zero-order valence-corrected chi connectivity index (χ0v) is 15.1. The van der Waals surface area contributed by atoms with Crippen molar-refractivity contribution in [1.82, 2.24) is 14.9 Å². The number of fused-ring (bicyclic) bond motifs is 3. The second-order valence-corrected chi connectivity index (χ2v) is 7.32. The van der Waals surface area contributed by atoms with E-state index in [1.165, 1.54) is 12.8 Å². The third-order valence-corrected chi connectivity index (χ3v) is 5.62. The molecule has 0 saturated heterocycles. The Hall–Kier alpha value is -2.14. The van der Waals surface area contributed by atoms with E-state index in [0.29, 0.717) is 41.2 Å². The van der Waals surface area contributed by atoms with E-state index in [4.69, 9.17) is 9.40 Å². The number of aromatic nitrogens is 2. The van der Waals surface area contributed by atoms with Gasteiger partial charge >= 0.3 is 0 Å². The van der Waals surface area contributed by atoms with Crippen LogP contribution in [0.1, 0.15) is 45.9 Å². The summed E-state index contributed by atoms with van der Waals surface area (Å²) in [5.74, 6) is 1.34. The minimum atomic E-state index is -0.192. The number of hydrogen-bond acceptors (Lipinski definition) is 4. The smallest absolute Gasteiger partial charge is 0.294 e. The Bertz CT molecular complexity index is 954. The maximum absolute atomic E-state index is 12.5. The van der Waals surface area contributed by atoms with Gasteiger partial charge < -0.3 is 9.40 Å². The number of furan rings is 1. The van der Waals surface area contributed by atoms with Crippen molar-refractivity contribution in [2.75, 3.05) is 0 Å². The summed E-state index contributed by atoms with van der Waals surface area (Å²) in [5, 5.41) is 0.901. The number of aromatic amines is 1. The lowest BCUT2D eigenvalue weighted by atomic mass is 9.99. The first-order chi connectivity index (χ1) is 12.1. The largest absolute Gasteiger partial charge is 0.449 e. The third kappa shape index (κ3) is 2.97. The molecule has 0 bridgehead atoms. The van der Waals surface area contributed by atoms with Crippen LogP contribution < -0.4 is 5.56 Å². The molecule has 1 aliphatic carbocycles. The van der Waals surface area contributed by atoms with Gasteiger partial charge in [-0.1, -0.05) is 32.4 Å². The summed E-state index contributed by atoms with van der Waals surface area (Å²) in [5.41, 5.74) is 1.50. The molecular weight excluding hydrogens is 314 g/mol. The average Bonchev–Trinajstić information content (AvgIpc) is 3.39. The molecule has 2 unspecified atom stereocenters. The molecule has 2 heterocycles. The lowest BCUT2D eigenvalue weighted by Crippen LogP contribution is -2.39. The van der Waals surface area contributed by atoms with E-state index in [1.54, 1.807) is 0 Å². The molecule has 132 valence electrons. The molecule has 0 amide bonds. The summed E-state index contributed by atoms with van der Waals surface area (Å²) < 4.78 is 5.69. The van der Waals surface area contributed by atoms with Crippen molar-refractivity contribution in [1.29, 1.82) is 0 Å². The van der Waals surface area contributed by atoms with Crippen molar-refractivity contribution >= 4 is 22.1 Å². The van der Waals surface area contributed by atoms with Crippen molar-refractivity contribution < 1.29 is 4.42 Å². The molecule has 2 aromatic heterocycles. The molecule has 3 aromatic rings. The zero-order valence-electron chi connectivity index (χ0n) is 15.1. The molecule has 1 saturated carbocycles. The highest BCUT2D eigenvalue weighted by Gasteiger charge is 2.34. The lowest BCUT2D eigenvalue weighted by molar-refractivity contribution is 0.138. The van der Waals surface area contributed by atoms with E-state index < -0.39 is 0 Å². The summed E-state index contributed by atoms with van der Waals surface area (Å²) in [7, 11) is 0. The van der Waals surface area contributed by atoms with Crippen molar-refractivity contribution in [3.63, 3.8) is 0 Å². The quantitative estimate of drug-likeness (QED) is 0.735. The second kappa shape index (κ2) is 6.30. The van der Waals surface area contributed by atoms with Crippen LogP contribution >= 0.6 is 0 Å². The minimum Gasteiger partial charge on any atom is -0.449 e. The van der Waals surface area contributed by atoms with Gasteiger partial charge in [-0.15, -0.1) is 0 Å². The second-order valence-electron chi connectivity index (χ2n) is 7.32. The molecule has 0 radical (unpaired) electrons. The van der Waals surface area contributed by atoms with E-state index >= 15 is 0 Å². The van der Waals surface area contributed by atoms with Crippen LogP contribution in [0.4, 0.5) is 0 Å². The normalized spacial score (nSPS) is 17.4. The minimum absolute atomic E-state index is 0.192. The van der Waals surface area contributed by atoms with Gasteiger partial charge in [-0.05, 0) is 37.8 Å². The van der Waals surface area contributed by atoms with Crippen molar-refractivity contribution in [3.8, 4) is 0 Å². The van der Waals surface area contributed by atoms with Crippen LogP contribution in [0.5, 0.6) is 0 Å². The molecule has 1 aromatic carbocycles. The number of H-pyrrole nitrogens is 1. The molecule has 4 rings (SSSR count). The maximum Gasteiger partial charge on any atom is 0.294 e. The highest BCUT2D eigenvalue weighted by atomic mass is 16.3. The first kappa shape index (κ1) is 16.3. The molecule has 25 heavy (non-hydrogen) atoms. The van der Waals surface area contributed by atoms with Crippen LogP contribution in [0.25, 0.3) is 22.1 Å². The van der Waals surface area contributed by atoms with Gasteiger partial charge in [0.2, 0.25) is 5.58 Å². The van der Waals surface area contributed by atoms with Gasteiger partial charge in [-0.2, -0.15) is 0 Å². The molecular formula is C20H25N3O2. The van der Waals surface area contributed by atoms with Gasteiger partial charge in [-0.3, -0.25) is 9.69 Å². The number of hydrogen-bond donors (Lipinski definition) is 1. The fraction of sp³-hybridized carbons (Fsp3) is 0.500. The number of benzene rings is 1. The Morgan fingerprint density at radius 2 is 2.08 bits per heavy atom. The van der Waals surface area contributed by atoms with Crippen LogP contribution in [-0.2, 0) is 6.54 Å². The van der Waals surface area contributed by atoms with Crippen LogP contribution in [-0.4, -0.2) is 27.0 Å². The molecule has 1 N–H and O–H groups in total. The topological polar surface area (TPSA) is 62.1 Å². The SMILES string of the molecule is CCC(C)C(C)N(Cc1nc2c(oc3ccccc32)c(=O)[nH]1)C1CC1. The Kier molecular flexibility index (Phi) is 4.12. The summed E-state index contributed by atoms with van der Waals surface area (Å²) in [6, 6.07) is 8.77. The number of nitrogens with one attached hydrogen (secondary N) is 1. The Labute approximate surface area is 147 Å². The van der Waals surface area contributed by atoms with E-state index in [1.807, 2.05) is 24.3 Å². The van der Waals surface area contributed by atoms with E-state index in [-0.39, 0.29) is 5.56 Å². The Morgan fingerprint density at radius 3 is 2.80 bits per heavy atom. The van der Waals surface area contributed by atoms with Crippen LogP contribution in [0.15, 0.2) is 33.5 Å². The van der Waals surface area contributed by atoms with Crippen molar-refractivity contribution in [3.05, 3.63) is 40.4 Å². The summed E-state index contributed by atoms with van der Waals surface area (Å²) in [4.78, 5) is 22.7. The van der Waals surface area contributed by atoms with Crippen molar-refractivity contribution in [2.45, 2.75) is 58.7 Å². The fourth-order valence-electron chi connectivity index (χ4n) is 3.58. The summed E-state index contributed by atoms with van der Waals surface area (Å²) in [6.45, 7) is 7.50. The Morgan fingerprint density at radius 1 is 1.32 bits per heavy atom. The van der Waals surface area contributed by atoms with Gasteiger partial charge in [0.1, 0.15) is 16.9 Å². The van der Waals surface area contributed by atoms with Crippen LogP contribution in [0.3, 0.4) is 0 Å². The lowest BCUT2D eigenvalue weighted by Gasteiger charge is -2.32. The fourth-order valence-corrected chi connectivity index (χ4v) is 3.58. The third-order valence-electron chi connectivity index (χ3n) is 5.62. The van der Waals surface area contributed by atoms with Gasteiger partial charge in [0, 0.05) is 17.5 Å². The van der Waals surface area contributed by atoms with Crippen LogP contribution in [0.2, 0.25) is 0 Å². The van der Waals surface area contributed by atoms with Gasteiger partial charge in [0.25, 0.3) is 5.56 Å². The van der Waals surface area contributed by atoms with E-state index in [0.717, 1.165) is 17.6 Å². The molecule has 1 fully saturated rings. The summed E-state index contributed by atoms with van der Waals surface area (Å²) in [6.07, 6.45) is 3.63. The molecule has 1 aliphatic rings. The highest BCUT2D eigenvalue weighted by molar-refractivity contribution is 6.01. The van der Waals surface area contributed by atoms with E-state index in [2.05, 4.69) is 30.7 Å². The highest BCUT2D eigenvalue weighted by Crippen LogP contribution is 2.32. The summed E-state index contributed by atoms with van der Waals surface area (Å²) >= 11 is 0. The predicted molar refractivity (Wildman–Crippen MR) is 99.6 cm³/mol. The maximum atomic E-state index is 12.5. The number of nitrogens with zero attached hydrogens (tertiary/aromatic N) is 2. The molecule has 2 atom stereocenters. The molecule has 0 spiro atoms. The predicted octanol–water partition coefficient (Wildman–Crippen LogP) is 4.07. The standard InChI is InChI=1S/C20H25N3O2/c1-4-12(2)13(3)23(14-9-10-14)11-17-21-18-15-7-5-6-8-16(15)25-19(18)20(24)22-17/h5-8,12-14H,4,9-11H2,1-3H3,(H,21,22,24). The van der Waals surface area contributed by atoms with Gasteiger partial charge in [0.05, 0.1) is 6.54 Å². The van der Waals surface area contributed by atoms with Crippen molar-refractivity contribution in [2.24, 2.45) is 5.92 Å². The first-order valence-corrected chi connectivity index (χ1v) is 9.24. The van der Waals surface area contributed by atoms with Gasteiger partial charge in [0.15, 0.2) is 0 Å². The number of para-hydroxylation sites is 1. The molecule has 0 aliphatic heterocycles. The number of rotatable bonds is 6. The van der Waals surface area contributed by atoms with Crippen LogP contribution in [0, 0.1) is 5.92 Å².